The van der Waals surface area contributed by atoms with Crippen LogP contribution in [-0.4, -0.2) is 71.2 Å². The van der Waals surface area contributed by atoms with E-state index in [0.29, 0.717) is 38.6 Å². The van der Waals surface area contributed by atoms with Gasteiger partial charge < -0.3 is 25.4 Å². The molecule has 1 spiro atoms. The van der Waals surface area contributed by atoms with E-state index in [1.807, 2.05) is 13.8 Å². The van der Waals surface area contributed by atoms with Crippen molar-refractivity contribution in [2.75, 3.05) is 20.2 Å². The molecule has 8 nitrogen and oxygen atoms in total. The van der Waals surface area contributed by atoms with Gasteiger partial charge in [-0.2, -0.15) is 0 Å². The molecule has 0 aromatic rings. The quantitative estimate of drug-likeness (QED) is 0.423. The Morgan fingerprint density at radius 3 is 2.58 bits per heavy atom. The number of nitrogens with one attached hydrogen (secondary N) is 2. The third kappa shape index (κ3) is 3.86. The summed E-state index contributed by atoms with van der Waals surface area (Å²) in [6.07, 6.45) is 5.88. The summed E-state index contributed by atoms with van der Waals surface area (Å²) in [5.74, 6) is -1.70. The van der Waals surface area contributed by atoms with Crippen molar-refractivity contribution in [3.63, 3.8) is 0 Å². The minimum absolute atomic E-state index is 0.00719. The predicted octanol–water partition coefficient (Wildman–Crippen LogP) is 1.35. The van der Waals surface area contributed by atoms with E-state index < -0.39 is 29.1 Å². The van der Waals surface area contributed by atoms with E-state index in [-0.39, 0.29) is 30.4 Å². The van der Waals surface area contributed by atoms with E-state index in [0.717, 1.165) is 19.3 Å². The zero-order valence-corrected chi connectivity index (χ0v) is 19.4. The normalized spacial score (nSPS) is 34.7. The van der Waals surface area contributed by atoms with E-state index in [2.05, 4.69) is 17.6 Å². The van der Waals surface area contributed by atoms with Crippen molar-refractivity contribution >= 4 is 17.7 Å². The maximum absolute atomic E-state index is 13.7. The molecule has 3 unspecified atom stereocenters. The third-order valence-corrected chi connectivity index (χ3v) is 7.63. The maximum Gasteiger partial charge on any atom is 0.246 e. The van der Waals surface area contributed by atoms with E-state index in [4.69, 9.17) is 9.84 Å². The summed E-state index contributed by atoms with van der Waals surface area (Å²) >= 11 is 0. The molecule has 3 fully saturated rings. The lowest BCUT2D eigenvalue weighted by atomic mass is 9.65. The Labute approximate surface area is 185 Å². The van der Waals surface area contributed by atoms with Crippen molar-refractivity contribution in [3.05, 3.63) is 0 Å². The molecule has 0 saturated carbocycles. The largest absolute Gasteiger partial charge is 0.396 e. The van der Waals surface area contributed by atoms with Crippen molar-refractivity contribution < 1.29 is 24.2 Å². The molecule has 0 aromatic heterocycles. The second-order valence-corrected chi connectivity index (χ2v) is 9.46. The van der Waals surface area contributed by atoms with Gasteiger partial charge in [0.1, 0.15) is 11.6 Å². The number of hydrogen-bond donors (Lipinski definition) is 3. The van der Waals surface area contributed by atoms with Gasteiger partial charge in [-0.05, 0) is 51.9 Å². The molecule has 3 saturated heterocycles. The van der Waals surface area contributed by atoms with Crippen LogP contribution in [0.25, 0.3) is 0 Å². The van der Waals surface area contributed by atoms with Gasteiger partial charge in [0.05, 0.1) is 17.4 Å². The van der Waals surface area contributed by atoms with Crippen LogP contribution in [0.1, 0.15) is 72.1 Å². The SMILES string of the molecule is CCCC(C)NC(=O)C1N(CCCCCO)C(=O)[C@@H]2[C@@H](C(=O)NC)[C@@]3(CC)CCC12O3. The standard InChI is InChI=1S/C23H39N3O5/c1-5-10-15(3)25-20(29)18-23-12-11-22(6-2,31-23)16(19(28)24-4)17(23)21(30)26(18)13-8-7-9-14-27/h15-18,27H,5-14H2,1-4H3,(H,24,28)(H,25,29)/t15?,16-,17-,18?,22+,23?/m0/s1. The summed E-state index contributed by atoms with van der Waals surface area (Å²) in [7, 11) is 1.59. The number of hydrogen-bond acceptors (Lipinski definition) is 5. The number of amides is 3. The first-order valence-electron chi connectivity index (χ1n) is 11.9. The van der Waals surface area contributed by atoms with Crippen LogP contribution in [0.5, 0.6) is 0 Å². The van der Waals surface area contributed by atoms with Gasteiger partial charge in [0, 0.05) is 26.2 Å². The topological polar surface area (TPSA) is 108 Å². The summed E-state index contributed by atoms with van der Waals surface area (Å²) < 4.78 is 6.64. The molecule has 3 aliphatic heterocycles. The van der Waals surface area contributed by atoms with Crippen molar-refractivity contribution in [1.29, 1.82) is 0 Å². The number of aliphatic hydroxyl groups excluding tert-OH is 1. The van der Waals surface area contributed by atoms with Crippen molar-refractivity contribution in [2.24, 2.45) is 11.8 Å². The number of likely N-dealkylation sites (tertiary alicyclic amines) is 1. The zero-order chi connectivity index (χ0) is 22.8. The average molecular weight is 438 g/mol. The summed E-state index contributed by atoms with van der Waals surface area (Å²) in [5.41, 5.74) is -1.63. The Morgan fingerprint density at radius 2 is 1.97 bits per heavy atom. The van der Waals surface area contributed by atoms with Gasteiger partial charge in [0.15, 0.2) is 0 Å². The number of ether oxygens (including phenoxy) is 1. The fourth-order valence-corrected chi connectivity index (χ4v) is 6.21. The molecule has 0 radical (unpaired) electrons. The fourth-order valence-electron chi connectivity index (χ4n) is 6.21. The lowest BCUT2D eigenvalue weighted by Crippen LogP contribution is -2.56. The molecule has 0 aliphatic carbocycles. The van der Waals surface area contributed by atoms with Gasteiger partial charge in [-0.25, -0.2) is 0 Å². The highest BCUT2D eigenvalue weighted by Gasteiger charge is 2.78. The van der Waals surface area contributed by atoms with Crippen LogP contribution in [-0.2, 0) is 19.1 Å². The minimum atomic E-state index is -0.947. The summed E-state index contributed by atoms with van der Waals surface area (Å²) in [6, 6.07) is -0.714. The summed E-state index contributed by atoms with van der Waals surface area (Å²) in [6.45, 7) is 6.59. The Bertz CT molecular complexity index is 701. The van der Waals surface area contributed by atoms with Crippen LogP contribution in [0.4, 0.5) is 0 Å². The zero-order valence-electron chi connectivity index (χ0n) is 19.4. The van der Waals surface area contributed by atoms with Crippen LogP contribution >= 0.6 is 0 Å². The first-order chi connectivity index (χ1) is 14.8. The number of carbonyl (C=O) groups excluding carboxylic acids is 3. The predicted molar refractivity (Wildman–Crippen MR) is 116 cm³/mol. The van der Waals surface area contributed by atoms with Crippen LogP contribution in [0, 0.1) is 11.8 Å². The monoisotopic (exact) mass is 437 g/mol. The fraction of sp³-hybridized carbons (Fsp3) is 0.870. The molecule has 3 rings (SSSR count). The molecule has 2 bridgehead atoms. The molecule has 6 atom stereocenters. The van der Waals surface area contributed by atoms with Gasteiger partial charge >= 0.3 is 0 Å². The lowest BCUT2D eigenvalue weighted by Gasteiger charge is -2.34. The van der Waals surface area contributed by atoms with Gasteiger partial charge in [-0.15, -0.1) is 0 Å². The average Bonchev–Trinajstić information content (AvgIpc) is 3.34. The smallest absolute Gasteiger partial charge is 0.246 e. The molecule has 8 heteroatoms. The summed E-state index contributed by atoms with van der Waals surface area (Å²) in [5, 5.41) is 14.9. The molecule has 31 heavy (non-hydrogen) atoms. The number of unbranched alkanes of at least 4 members (excludes halogenated alkanes) is 2. The molecule has 3 amide bonds. The number of carbonyl (C=O) groups is 3. The van der Waals surface area contributed by atoms with Crippen LogP contribution in [0.15, 0.2) is 0 Å². The first-order valence-corrected chi connectivity index (χ1v) is 11.9. The Hall–Kier alpha value is -1.67. The Morgan fingerprint density at radius 1 is 1.23 bits per heavy atom. The van der Waals surface area contributed by atoms with Gasteiger partial charge in [0.2, 0.25) is 17.7 Å². The molecule has 0 aromatic carbocycles. The van der Waals surface area contributed by atoms with Gasteiger partial charge in [0.25, 0.3) is 0 Å². The molecule has 3 heterocycles. The number of fused-ring (bicyclic) bond motifs is 1. The maximum atomic E-state index is 13.7. The van der Waals surface area contributed by atoms with Crippen molar-refractivity contribution in [2.45, 2.75) is 95.4 Å². The van der Waals surface area contributed by atoms with Crippen LogP contribution in [0.2, 0.25) is 0 Å². The van der Waals surface area contributed by atoms with E-state index in [1.54, 1.807) is 11.9 Å². The second-order valence-electron chi connectivity index (χ2n) is 9.46. The highest BCUT2D eigenvalue weighted by molar-refractivity contribution is 5.99. The van der Waals surface area contributed by atoms with Crippen molar-refractivity contribution in [1.82, 2.24) is 15.5 Å². The van der Waals surface area contributed by atoms with Gasteiger partial charge in [-0.3, -0.25) is 14.4 Å². The first kappa shape index (κ1) is 24.0. The Balaban J connectivity index is 1.95. The second kappa shape index (κ2) is 9.45. The minimum Gasteiger partial charge on any atom is -0.396 e. The summed E-state index contributed by atoms with van der Waals surface area (Å²) in [4.78, 5) is 41.8. The van der Waals surface area contributed by atoms with Crippen LogP contribution in [0.3, 0.4) is 0 Å². The third-order valence-electron chi connectivity index (χ3n) is 7.63. The molecule has 176 valence electrons. The van der Waals surface area contributed by atoms with E-state index in [1.165, 1.54) is 0 Å². The van der Waals surface area contributed by atoms with E-state index in [9.17, 15) is 14.4 Å². The lowest BCUT2D eigenvalue weighted by molar-refractivity contribution is -0.147. The molecule has 3 N–H and O–H groups in total. The highest BCUT2D eigenvalue weighted by Crippen LogP contribution is 2.64. The van der Waals surface area contributed by atoms with E-state index >= 15 is 0 Å². The molecular formula is C23H39N3O5. The number of aliphatic hydroxyl groups is 1. The Kier molecular flexibility index (Phi) is 7.31. The van der Waals surface area contributed by atoms with Crippen LogP contribution < -0.4 is 10.6 Å². The number of rotatable bonds is 11. The molecular weight excluding hydrogens is 398 g/mol. The molecule has 3 aliphatic rings. The van der Waals surface area contributed by atoms with Crippen molar-refractivity contribution in [3.8, 4) is 0 Å². The highest BCUT2D eigenvalue weighted by atomic mass is 16.5. The number of nitrogens with zero attached hydrogens (tertiary/aromatic N) is 1. The van der Waals surface area contributed by atoms with Gasteiger partial charge in [-0.1, -0.05) is 20.3 Å².